The summed E-state index contributed by atoms with van der Waals surface area (Å²) < 4.78 is 0. The molecule has 14 heavy (non-hydrogen) atoms. The zero-order chi connectivity index (χ0) is 10.4. The maximum atomic E-state index is 8.34. The first kappa shape index (κ1) is 11.3. The molecule has 1 saturated heterocycles. The highest BCUT2D eigenvalue weighted by molar-refractivity contribution is 5.81. The Bertz CT molecular complexity index is 189. The van der Waals surface area contributed by atoms with Crippen LogP contribution in [0, 0.1) is 0 Å². The van der Waals surface area contributed by atoms with Crippen LogP contribution >= 0.6 is 0 Å². The topological polar surface area (TPSA) is 73.9 Å². The van der Waals surface area contributed by atoms with Gasteiger partial charge in [0.15, 0.2) is 5.84 Å². The van der Waals surface area contributed by atoms with E-state index < -0.39 is 0 Å². The van der Waals surface area contributed by atoms with E-state index in [2.05, 4.69) is 22.3 Å². The van der Waals surface area contributed by atoms with Crippen LogP contribution in [0.25, 0.3) is 0 Å². The van der Waals surface area contributed by atoms with E-state index in [1.807, 2.05) is 0 Å². The largest absolute Gasteiger partial charge is 0.409 e. The zero-order valence-corrected chi connectivity index (χ0v) is 8.74. The molecule has 1 aliphatic heterocycles. The van der Waals surface area contributed by atoms with Crippen LogP contribution in [0.15, 0.2) is 5.16 Å². The van der Waals surface area contributed by atoms with Crippen molar-refractivity contribution in [2.45, 2.75) is 25.8 Å². The van der Waals surface area contributed by atoms with Crippen molar-refractivity contribution in [2.75, 3.05) is 26.2 Å². The molecule has 4 N–H and O–H groups in total. The van der Waals surface area contributed by atoms with E-state index in [9.17, 15) is 0 Å². The molecule has 1 fully saturated rings. The van der Waals surface area contributed by atoms with E-state index in [0.717, 1.165) is 6.54 Å². The van der Waals surface area contributed by atoms with Gasteiger partial charge in [-0.1, -0.05) is 5.16 Å². The molecular weight excluding hydrogens is 180 g/mol. The maximum Gasteiger partial charge on any atom is 0.153 e. The molecule has 5 nitrogen and oxygen atoms in total. The van der Waals surface area contributed by atoms with Crippen LogP contribution in [0.2, 0.25) is 0 Å². The van der Waals surface area contributed by atoms with Gasteiger partial charge in [0.1, 0.15) is 0 Å². The molecule has 0 spiro atoms. The summed E-state index contributed by atoms with van der Waals surface area (Å²) in [4.78, 5) is 2.43. The van der Waals surface area contributed by atoms with Crippen molar-refractivity contribution in [3.05, 3.63) is 0 Å². The highest BCUT2D eigenvalue weighted by atomic mass is 16.4. The summed E-state index contributed by atoms with van der Waals surface area (Å²) in [5.74, 6) is 0.235. The Hall–Kier alpha value is -0.810. The summed E-state index contributed by atoms with van der Waals surface area (Å²) in [5, 5.41) is 14.5. The van der Waals surface area contributed by atoms with E-state index in [1.54, 1.807) is 0 Å². The smallest absolute Gasteiger partial charge is 0.153 e. The Balaban J connectivity index is 2.11. The van der Waals surface area contributed by atoms with Gasteiger partial charge in [-0.25, -0.2) is 0 Å². The van der Waals surface area contributed by atoms with E-state index >= 15 is 0 Å². The zero-order valence-electron chi connectivity index (χ0n) is 8.74. The predicted octanol–water partition coefficient (Wildman–Crippen LogP) is -0.193. The van der Waals surface area contributed by atoms with Gasteiger partial charge in [0.25, 0.3) is 0 Å². The normalized spacial score (nSPS) is 21.4. The van der Waals surface area contributed by atoms with Crippen molar-refractivity contribution in [3.8, 4) is 0 Å². The standard InChI is InChI=1S/C9H20N4O/c1-8(11-6-9(10)12-14)7-13-4-2-3-5-13/h8,11,14H,2-7H2,1H3,(H2,10,12). The monoisotopic (exact) mass is 200 g/mol. The van der Waals surface area contributed by atoms with Crippen molar-refractivity contribution in [2.24, 2.45) is 10.9 Å². The lowest BCUT2D eigenvalue weighted by Gasteiger charge is -2.20. The Kier molecular flexibility index (Phi) is 4.69. The molecule has 0 radical (unpaired) electrons. The van der Waals surface area contributed by atoms with E-state index in [4.69, 9.17) is 10.9 Å². The molecule has 0 bridgehead atoms. The second kappa shape index (κ2) is 5.82. The third-order valence-electron chi connectivity index (χ3n) is 2.49. The molecule has 0 amide bonds. The summed E-state index contributed by atoms with van der Waals surface area (Å²) in [6, 6.07) is 0.383. The molecule has 1 rings (SSSR count). The summed E-state index contributed by atoms with van der Waals surface area (Å²) >= 11 is 0. The minimum absolute atomic E-state index is 0.235. The summed E-state index contributed by atoms with van der Waals surface area (Å²) in [6.07, 6.45) is 2.62. The van der Waals surface area contributed by atoms with Gasteiger partial charge in [-0.2, -0.15) is 0 Å². The third-order valence-corrected chi connectivity index (χ3v) is 2.49. The number of hydrogen-bond acceptors (Lipinski definition) is 4. The Labute approximate surface area is 84.9 Å². The van der Waals surface area contributed by atoms with E-state index in [-0.39, 0.29) is 5.84 Å². The lowest BCUT2D eigenvalue weighted by atomic mass is 10.3. The van der Waals surface area contributed by atoms with Crippen molar-refractivity contribution in [3.63, 3.8) is 0 Å². The lowest BCUT2D eigenvalue weighted by molar-refractivity contribution is 0.300. The number of amidine groups is 1. The van der Waals surface area contributed by atoms with Crippen molar-refractivity contribution in [1.82, 2.24) is 10.2 Å². The third kappa shape index (κ3) is 3.93. The first-order valence-corrected chi connectivity index (χ1v) is 5.14. The van der Waals surface area contributed by atoms with Crippen LogP contribution in [0.3, 0.4) is 0 Å². The fourth-order valence-electron chi connectivity index (χ4n) is 1.73. The predicted molar refractivity (Wildman–Crippen MR) is 56.5 cm³/mol. The molecule has 5 heteroatoms. The van der Waals surface area contributed by atoms with Crippen LogP contribution in [-0.2, 0) is 0 Å². The van der Waals surface area contributed by atoms with Gasteiger partial charge in [-0.05, 0) is 32.9 Å². The Morgan fingerprint density at radius 3 is 2.79 bits per heavy atom. The average Bonchev–Trinajstić information content (AvgIpc) is 2.66. The molecule has 1 unspecified atom stereocenters. The summed E-state index contributed by atoms with van der Waals surface area (Å²) in [6.45, 7) is 6.01. The number of likely N-dealkylation sites (tertiary alicyclic amines) is 1. The highest BCUT2D eigenvalue weighted by Crippen LogP contribution is 2.07. The molecule has 0 aromatic carbocycles. The van der Waals surface area contributed by atoms with Crippen LogP contribution in [0.4, 0.5) is 0 Å². The minimum atomic E-state index is 0.235. The molecule has 82 valence electrons. The molecule has 1 aliphatic rings. The molecular formula is C9H20N4O. The second-order valence-electron chi connectivity index (χ2n) is 3.88. The van der Waals surface area contributed by atoms with Crippen LogP contribution in [0.5, 0.6) is 0 Å². The molecule has 0 aliphatic carbocycles. The fraction of sp³-hybridized carbons (Fsp3) is 0.889. The van der Waals surface area contributed by atoms with E-state index in [0.29, 0.717) is 12.6 Å². The summed E-state index contributed by atoms with van der Waals surface area (Å²) in [5.41, 5.74) is 5.35. The van der Waals surface area contributed by atoms with E-state index in [1.165, 1.54) is 25.9 Å². The van der Waals surface area contributed by atoms with Crippen LogP contribution < -0.4 is 11.1 Å². The number of nitrogens with one attached hydrogen (secondary N) is 1. The highest BCUT2D eigenvalue weighted by Gasteiger charge is 2.14. The first-order valence-electron chi connectivity index (χ1n) is 5.14. The van der Waals surface area contributed by atoms with Gasteiger partial charge in [-0.3, -0.25) is 0 Å². The van der Waals surface area contributed by atoms with Gasteiger partial charge in [-0.15, -0.1) is 0 Å². The van der Waals surface area contributed by atoms with Gasteiger partial charge in [0.2, 0.25) is 0 Å². The summed E-state index contributed by atoms with van der Waals surface area (Å²) in [7, 11) is 0. The van der Waals surface area contributed by atoms with Gasteiger partial charge >= 0.3 is 0 Å². The van der Waals surface area contributed by atoms with Crippen molar-refractivity contribution >= 4 is 5.84 Å². The molecule has 0 aromatic heterocycles. The molecule has 1 atom stereocenters. The van der Waals surface area contributed by atoms with Crippen molar-refractivity contribution in [1.29, 1.82) is 0 Å². The second-order valence-corrected chi connectivity index (χ2v) is 3.88. The Morgan fingerprint density at radius 2 is 2.21 bits per heavy atom. The number of oxime groups is 1. The average molecular weight is 200 g/mol. The quantitative estimate of drug-likeness (QED) is 0.249. The van der Waals surface area contributed by atoms with Gasteiger partial charge in [0, 0.05) is 12.6 Å². The number of nitrogens with zero attached hydrogens (tertiary/aromatic N) is 2. The number of rotatable bonds is 5. The van der Waals surface area contributed by atoms with Crippen LogP contribution in [-0.4, -0.2) is 48.2 Å². The minimum Gasteiger partial charge on any atom is -0.409 e. The maximum absolute atomic E-state index is 8.34. The fourth-order valence-corrected chi connectivity index (χ4v) is 1.73. The SMILES string of the molecule is CC(CN1CCCC1)NCC(N)=NO. The van der Waals surface area contributed by atoms with Gasteiger partial charge < -0.3 is 21.2 Å². The van der Waals surface area contributed by atoms with Gasteiger partial charge in [0.05, 0.1) is 6.54 Å². The Morgan fingerprint density at radius 1 is 1.57 bits per heavy atom. The van der Waals surface area contributed by atoms with Crippen LogP contribution in [0.1, 0.15) is 19.8 Å². The molecule has 1 heterocycles. The molecule has 0 aromatic rings. The first-order chi connectivity index (χ1) is 6.72. The molecule has 0 saturated carbocycles. The number of nitrogens with two attached hydrogens (primary N) is 1. The lowest BCUT2D eigenvalue weighted by Crippen LogP contribution is -2.41. The number of hydrogen-bond donors (Lipinski definition) is 3. The van der Waals surface area contributed by atoms with Crippen molar-refractivity contribution < 1.29 is 5.21 Å².